The zero-order valence-corrected chi connectivity index (χ0v) is 18.1. The van der Waals surface area contributed by atoms with Gasteiger partial charge in [-0.05, 0) is 26.8 Å². The maximum atomic E-state index is 13.3. The van der Waals surface area contributed by atoms with Gasteiger partial charge in [0.1, 0.15) is 11.9 Å². The fourth-order valence-electron chi connectivity index (χ4n) is 2.92. The topological polar surface area (TPSA) is 103 Å². The second kappa shape index (κ2) is 8.02. The van der Waals surface area contributed by atoms with Gasteiger partial charge in [-0.2, -0.15) is 4.36 Å². The third-order valence-electron chi connectivity index (χ3n) is 4.38. The summed E-state index contributed by atoms with van der Waals surface area (Å²) in [6, 6.07) is 3.46. The molecule has 0 spiro atoms. The van der Waals surface area contributed by atoms with Crippen LogP contribution < -0.4 is 9.47 Å². The van der Waals surface area contributed by atoms with E-state index >= 15 is 0 Å². The highest BCUT2D eigenvalue weighted by Gasteiger charge is 2.28. The maximum absolute atomic E-state index is 13.3. The minimum atomic E-state index is -2.57. The average Bonchev–Trinajstić information content (AvgIpc) is 2.66. The molecule has 0 bridgehead atoms. The van der Waals surface area contributed by atoms with E-state index in [2.05, 4.69) is 14.3 Å². The smallest absolute Gasteiger partial charge is 0.410 e. The molecule has 0 radical (unpaired) electrons. The number of fused-ring (bicyclic) bond motifs is 1. The Morgan fingerprint density at radius 3 is 2.31 bits per heavy atom. The maximum Gasteiger partial charge on any atom is 0.410 e. The number of nitrogens with zero attached hydrogens (tertiary/aromatic N) is 4. The Kier molecular flexibility index (Phi) is 5.83. The monoisotopic (exact) mass is 422 g/mol. The third-order valence-corrected chi connectivity index (χ3v) is 6.53. The molecular weight excluding hydrogens is 396 g/mol. The summed E-state index contributed by atoms with van der Waals surface area (Å²) in [4.78, 5) is 22.3. The SMILES string of the molecule is COc1cc2ncnc(N=S3(=O)CCN(C(=O)OC(C)(C)C)CC3)c2cc1OC. The van der Waals surface area contributed by atoms with Crippen LogP contribution in [0.5, 0.6) is 11.5 Å². The lowest BCUT2D eigenvalue weighted by Crippen LogP contribution is -2.45. The summed E-state index contributed by atoms with van der Waals surface area (Å²) in [6.07, 6.45) is 0.981. The molecule has 1 fully saturated rings. The van der Waals surface area contributed by atoms with Crippen LogP contribution in [0.4, 0.5) is 10.6 Å². The van der Waals surface area contributed by atoms with Crippen molar-refractivity contribution < 1.29 is 23.2 Å². The first-order chi connectivity index (χ1) is 13.6. The first-order valence-electron chi connectivity index (χ1n) is 9.21. The fourth-order valence-corrected chi connectivity index (χ4v) is 4.78. The molecule has 9 nitrogen and oxygen atoms in total. The minimum absolute atomic E-state index is 0.255. The van der Waals surface area contributed by atoms with Crippen LogP contribution >= 0.6 is 0 Å². The summed E-state index contributed by atoms with van der Waals surface area (Å²) in [5, 5.41) is 0.627. The van der Waals surface area contributed by atoms with Gasteiger partial charge in [0.25, 0.3) is 0 Å². The van der Waals surface area contributed by atoms with Gasteiger partial charge in [0, 0.05) is 24.5 Å². The highest BCUT2D eigenvalue weighted by molar-refractivity contribution is 7.93. The van der Waals surface area contributed by atoms with Crippen molar-refractivity contribution in [2.45, 2.75) is 26.4 Å². The molecule has 0 atom stereocenters. The Balaban J connectivity index is 1.88. The summed E-state index contributed by atoms with van der Waals surface area (Å²) in [6.45, 7) is 6.08. The van der Waals surface area contributed by atoms with E-state index in [1.165, 1.54) is 13.4 Å². The summed E-state index contributed by atoms with van der Waals surface area (Å²) >= 11 is 0. The molecule has 0 saturated carbocycles. The van der Waals surface area contributed by atoms with Gasteiger partial charge in [0.15, 0.2) is 17.3 Å². The number of carbonyl (C=O) groups is 1. The highest BCUT2D eigenvalue weighted by Crippen LogP contribution is 2.35. The lowest BCUT2D eigenvalue weighted by Gasteiger charge is -2.31. The van der Waals surface area contributed by atoms with Crippen LogP contribution in [0.25, 0.3) is 10.9 Å². The molecule has 1 aromatic heterocycles. The van der Waals surface area contributed by atoms with Crippen molar-refractivity contribution in [3.05, 3.63) is 18.5 Å². The van der Waals surface area contributed by atoms with Gasteiger partial charge in [-0.15, -0.1) is 0 Å². The lowest BCUT2D eigenvalue weighted by molar-refractivity contribution is 0.0268. The fraction of sp³-hybridized carbons (Fsp3) is 0.526. The molecule has 1 aromatic carbocycles. The Hall–Kier alpha value is -2.62. The molecule has 1 aliphatic rings. The number of ether oxygens (including phenoxy) is 3. The van der Waals surface area contributed by atoms with Gasteiger partial charge >= 0.3 is 6.09 Å². The van der Waals surface area contributed by atoms with Crippen LogP contribution in [-0.4, -0.2) is 69.6 Å². The molecule has 158 valence electrons. The second-order valence-electron chi connectivity index (χ2n) is 7.66. The Bertz CT molecular complexity index is 1030. The molecular formula is C19H26N4O5S. The van der Waals surface area contributed by atoms with E-state index in [0.717, 1.165) is 0 Å². The minimum Gasteiger partial charge on any atom is -0.493 e. The van der Waals surface area contributed by atoms with Crippen LogP contribution in [0, 0.1) is 0 Å². The van der Waals surface area contributed by atoms with Crippen molar-refractivity contribution >= 4 is 32.5 Å². The molecule has 10 heteroatoms. The molecule has 2 heterocycles. The largest absolute Gasteiger partial charge is 0.493 e. The average molecular weight is 423 g/mol. The van der Waals surface area contributed by atoms with Crippen LogP contribution in [-0.2, 0) is 14.5 Å². The summed E-state index contributed by atoms with van der Waals surface area (Å²) in [5.74, 6) is 1.91. The molecule has 1 amide bonds. The van der Waals surface area contributed by atoms with Crippen molar-refractivity contribution in [1.29, 1.82) is 0 Å². The van der Waals surface area contributed by atoms with E-state index in [9.17, 15) is 9.00 Å². The molecule has 2 aromatic rings. The third kappa shape index (κ3) is 4.87. The predicted octanol–water partition coefficient (Wildman–Crippen LogP) is 3.00. The molecule has 0 N–H and O–H groups in total. The number of benzene rings is 1. The van der Waals surface area contributed by atoms with Crippen molar-refractivity contribution in [2.75, 3.05) is 38.8 Å². The van der Waals surface area contributed by atoms with Crippen LogP contribution in [0.1, 0.15) is 20.8 Å². The van der Waals surface area contributed by atoms with E-state index < -0.39 is 21.4 Å². The van der Waals surface area contributed by atoms with Gasteiger partial charge in [-0.1, -0.05) is 0 Å². The predicted molar refractivity (Wildman–Crippen MR) is 110 cm³/mol. The zero-order valence-electron chi connectivity index (χ0n) is 17.3. The van der Waals surface area contributed by atoms with Gasteiger partial charge in [-0.25, -0.2) is 19.0 Å². The number of amides is 1. The standard InChI is InChI=1S/C19H26N4O5S/c1-19(2,3)28-18(24)23-6-8-29(25,9-7-23)22-17-13-10-15(26-4)16(27-5)11-14(13)20-12-21-17/h10-12H,6-9H2,1-5H3. The first-order valence-corrected chi connectivity index (χ1v) is 11.1. The number of carbonyl (C=O) groups excluding carboxylic acids is 1. The molecule has 3 rings (SSSR count). The van der Waals surface area contributed by atoms with Crippen LogP contribution in [0.2, 0.25) is 0 Å². The van der Waals surface area contributed by atoms with Gasteiger partial charge in [0.2, 0.25) is 0 Å². The van der Waals surface area contributed by atoms with Crippen molar-refractivity contribution in [3.8, 4) is 11.5 Å². The first kappa shape index (κ1) is 21.1. The van der Waals surface area contributed by atoms with E-state index in [4.69, 9.17) is 14.2 Å². The van der Waals surface area contributed by atoms with Crippen molar-refractivity contribution in [3.63, 3.8) is 0 Å². The molecule has 0 aliphatic carbocycles. The van der Waals surface area contributed by atoms with E-state index in [1.807, 2.05) is 20.8 Å². The summed E-state index contributed by atoms with van der Waals surface area (Å²) < 4.78 is 33.8. The normalized spacial score (nSPS) is 16.4. The van der Waals surface area contributed by atoms with E-state index in [1.54, 1.807) is 24.1 Å². The zero-order chi connectivity index (χ0) is 21.2. The second-order valence-corrected chi connectivity index (χ2v) is 10.2. The highest BCUT2D eigenvalue weighted by atomic mass is 32.2. The number of rotatable bonds is 3. The van der Waals surface area contributed by atoms with E-state index in [-0.39, 0.29) is 11.5 Å². The Morgan fingerprint density at radius 2 is 1.72 bits per heavy atom. The number of hydrogen-bond acceptors (Lipinski definition) is 8. The Labute approximate surface area is 170 Å². The van der Waals surface area contributed by atoms with Gasteiger partial charge in [-0.3, -0.25) is 0 Å². The van der Waals surface area contributed by atoms with Gasteiger partial charge < -0.3 is 19.1 Å². The molecule has 29 heavy (non-hydrogen) atoms. The number of methoxy groups -OCH3 is 2. The molecule has 0 unspecified atom stereocenters. The molecule has 1 aliphatic heterocycles. The van der Waals surface area contributed by atoms with Crippen LogP contribution in [0.15, 0.2) is 22.8 Å². The molecule has 1 saturated heterocycles. The van der Waals surface area contributed by atoms with Gasteiger partial charge in [0.05, 0.1) is 41.0 Å². The summed E-state index contributed by atoms with van der Waals surface area (Å²) in [5.41, 5.74) is 0.0471. The quantitative estimate of drug-likeness (QED) is 0.749. The van der Waals surface area contributed by atoms with Crippen molar-refractivity contribution in [1.82, 2.24) is 14.9 Å². The number of hydrogen-bond donors (Lipinski definition) is 0. The lowest BCUT2D eigenvalue weighted by atomic mass is 10.2. The van der Waals surface area contributed by atoms with Crippen LogP contribution in [0.3, 0.4) is 0 Å². The Morgan fingerprint density at radius 1 is 1.10 bits per heavy atom. The number of aromatic nitrogens is 2. The van der Waals surface area contributed by atoms with E-state index in [0.29, 0.717) is 41.3 Å². The van der Waals surface area contributed by atoms with Crippen molar-refractivity contribution in [2.24, 2.45) is 4.36 Å². The summed E-state index contributed by atoms with van der Waals surface area (Å²) in [7, 11) is 0.519.